The average molecular weight is 479 g/mol. The number of hydrogen-bond acceptors (Lipinski definition) is 3. The van der Waals surface area contributed by atoms with Crippen LogP contribution in [-0.2, 0) is 14.4 Å². The maximum absolute atomic E-state index is 14.1. The number of nitrogens with zero attached hydrogens (tertiary/aromatic N) is 1. The van der Waals surface area contributed by atoms with Crippen LogP contribution < -0.4 is 5.32 Å². The number of aryl methyl sites for hydroxylation is 1. The second kappa shape index (κ2) is 8.44. The van der Waals surface area contributed by atoms with Crippen molar-refractivity contribution >= 4 is 23.4 Å². The van der Waals surface area contributed by atoms with Crippen molar-refractivity contribution in [3.63, 3.8) is 0 Å². The quantitative estimate of drug-likeness (QED) is 0.510. The minimum absolute atomic E-state index is 0.132. The first-order chi connectivity index (χ1) is 17.4. The number of amides is 3. The van der Waals surface area contributed by atoms with Crippen molar-refractivity contribution in [1.82, 2.24) is 4.90 Å². The summed E-state index contributed by atoms with van der Waals surface area (Å²) in [5, 5.41) is 2.97. The number of carbonyl (C=O) groups excluding carboxylic acids is 3. The van der Waals surface area contributed by atoms with Gasteiger partial charge in [-0.25, -0.2) is 0 Å². The minimum atomic E-state index is -0.846. The Balaban J connectivity index is 1.41. The molecular weight excluding hydrogens is 448 g/mol. The molecule has 3 aromatic carbocycles. The lowest BCUT2D eigenvalue weighted by atomic mass is 9.55. The first kappa shape index (κ1) is 22.7. The predicted octanol–water partition coefficient (Wildman–Crippen LogP) is 5.24. The van der Waals surface area contributed by atoms with Crippen molar-refractivity contribution in [2.75, 3.05) is 5.32 Å². The average Bonchev–Trinajstić information content (AvgIpc) is 3.13. The molecule has 0 radical (unpaired) electrons. The van der Waals surface area contributed by atoms with Crippen molar-refractivity contribution in [3.8, 4) is 0 Å². The van der Waals surface area contributed by atoms with Gasteiger partial charge in [-0.3, -0.25) is 19.3 Å². The maximum Gasteiger partial charge on any atom is 0.247 e. The van der Waals surface area contributed by atoms with Crippen LogP contribution in [0.2, 0.25) is 0 Å². The van der Waals surface area contributed by atoms with Crippen LogP contribution in [0.25, 0.3) is 0 Å². The molecule has 0 spiro atoms. The molecule has 5 nitrogen and oxygen atoms in total. The summed E-state index contributed by atoms with van der Waals surface area (Å²) in [6.07, 6.45) is 0.420. The summed E-state index contributed by atoms with van der Waals surface area (Å²) in [4.78, 5) is 43.2. The third kappa shape index (κ3) is 3.33. The van der Waals surface area contributed by atoms with Crippen LogP contribution in [-0.4, -0.2) is 28.7 Å². The van der Waals surface area contributed by atoms with Crippen molar-refractivity contribution in [2.45, 2.75) is 45.1 Å². The molecule has 0 saturated carbocycles. The lowest BCUT2D eigenvalue weighted by Crippen LogP contribution is -2.48. The van der Waals surface area contributed by atoms with Crippen LogP contribution >= 0.6 is 0 Å². The molecule has 3 atom stereocenters. The van der Waals surface area contributed by atoms with Crippen LogP contribution in [0.15, 0.2) is 72.8 Å². The molecule has 1 aliphatic heterocycles. The van der Waals surface area contributed by atoms with Crippen molar-refractivity contribution < 1.29 is 14.4 Å². The van der Waals surface area contributed by atoms with E-state index in [1.807, 2.05) is 69.3 Å². The molecule has 36 heavy (non-hydrogen) atoms. The lowest BCUT2D eigenvalue weighted by molar-refractivity contribution is -0.147. The first-order valence-electron chi connectivity index (χ1n) is 12.8. The molecule has 5 heteroatoms. The van der Waals surface area contributed by atoms with E-state index in [2.05, 4.69) is 29.6 Å². The zero-order valence-electron chi connectivity index (χ0n) is 20.8. The Hall–Kier alpha value is -3.73. The Morgan fingerprint density at radius 1 is 0.806 bits per heavy atom. The second-order valence-electron chi connectivity index (χ2n) is 10.8. The van der Waals surface area contributed by atoms with Crippen molar-refractivity contribution in [2.24, 2.45) is 17.8 Å². The standard InChI is InChI=1S/C31H30N2O3/c1-17(2)15-24(29(34)32-19-10-8-9-18(3)16-19)33-30(35)27-25-20-11-4-5-12-21(20)26(28(27)31(33)36)23-14-7-6-13-22(23)25/h4-14,16-17,24-28H,15H2,1-3H3,(H,32,34)/t24-,25?,26?,27-,28+/m0/s1. The fraction of sp³-hybridized carbons (Fsp3) is 0.323. The van der Waals surface area contributed by atoms with Gasteiger partial charge >= 0.3 is 0 Å². The van der Waals surface area contributed by atoms with Crippen LogP contribution in [0.1, 0.15) is 59.9 Å². The number of imide groups is 1. The third-order valence-corrected chi connectivity index (χ3v) is 8.08. The third-order valence-electron chi connectivity index (χ3n) is 8.08. The van der Waals surface area contributed by atoms with E-state index >= 15 is 0 Å². The van der Waals surface area contributed by atoms with Crippen LogP contribution in [0, 0.1) is 24.7 Å². The van der Waals surface area contributed by atoms with Gasteiger partial charge in [0, 0.05) is 17.5 Å². The van der Waals surface area contributed by atoms with E-state index in [0.717, 1.165) is 27.8 Å². The number of likely N-dealkylation sites (tertiary alicyclic amines) is 1. The van der Waals surface area contributed by atoms with Crippen LogP contribution in [0.3, 0.4) is 0 Å². The fourth-order valence-corrected chi connectivity index (χ4v) is 6.73. The highest BCUT2D eigenvalue weighted by molar-refractivity contribution is 6.11. The van der Waals surface area contributed by atoms with Crippen molar-refractivity contribution in [3.05, 3.63) is 101 Å². The Kier molecular flexibility index (Phi) is 5.32. The Bertz CT molecular complexity index is 1280. The number of hydrogen-bond donors (Lipinski definition) is 1. The summed E-state index contributed by atoms with van der Waals surface area (Å²) in [6, 6.07) is 23.1. The van der Waals surface area contributed by atoms with E-state index in [9.17, 15) is 14.4 Å². The molecule has 3 aromatic rings. The van der Waals surface area contributed by atoms with Gasteiger partial charge in [0.2, 0.25) is 17.7 Å². The Labute approximate surface area is 211 Å². The Morgan fingerprint density at radius 3 is 1.75 bits per heavy atom. The van der Waals surface area contributed by atoms with Gasteiger partial charge in [0.05, 0.1) is 11.8 Å². The highest BCUT2D eigenvalue weighted by Gasteiger charge is 2.63. The number of anilines is 1. The topological polar surface area (TPSA) is 66.5 Å². The molecule has 2 bridgehead atoms. The van der Waals surface area contributed by atoms with E-state index in [1.54, 1.807) is 0 Å². The maximum atomic E-state index is 14.1. The molecule has 1 N–H and O–H groups in total. The highest BCUT2D eigenvalue weighted by Crippen LogP contribution is 2.61. The zero-order chi connectivity index (χ0) is 25.1. The summed E-state index contributed by atoms with van der Waals surface area (Å²) >= 11 is 0. The number of nitrogens with one attached hydrogen (secondary N) is 1. The molecule has 4 aliphatic rings. The summed E-state index contributed by atoms with van der Waals surface area (Å²) in [5.41, 5.74) is 6.24. The smallest absolute Gasteiger partial charge is 0.247 e. The lowest BCUT2D eigenvalue weighted by Gasteiger charge is -2.45. The van der Waals surface area contributed by atoms with Gasteiger partial charge in [0.1, 0.15) is 6.04 Å². The molecule has 0 unspecified atom stereocenters. The van der Waals surface area contributed by atoms with Crippen LogP contribution in [0.4, 0.5) is 5.69 Å². The largest absolute Gasteiger partial charge is 0.324 e. The molecular formula is C31H30N2O3. The molecule has 1 saturated heterocycles. The van der Waals surface area contributed by atoms with Gasteiger partial charge in [-0.15, -0.1) is 0 Å². The minimum Gasteiger partial charge on any atom is -0.324 e. The summed E-state index contributed by atoms with van der Waals surface area (Å²) in [6.45, 7) is 5.99. The van der Waals surface area contributed by atoms with Gasteiger partial charge in [-0.1, -0.05) is 74.5 Å². The molecule has 3 amide bonds. The first-order valence-corrected chi connectivity index (χ1v) is 12.8. The normalized spacial score (nSPS) is 24.4. The molecule has 7 rings (SSSR count). The highest BCUT2D eigenvalue weighted by atomic mass is 16.2. The van der Waals surface area contributed by atoms with Gasteiger partial charge in [0.15, 0.2) is 0 Å². The fourth-order valence-electron chi connectivity index (χ4n) is 6.73. The zero-order valence-corrected chi connectivity index (χ0v) is 20.8. The summed E-state index contributed by atoms with van der Waals surface area (Å²) in [5.74, 6) is -1.91. The van der Waals surface area contributed by atoms with Gasteiger partial charge < -0.3 is 5.32 Å². The molecule has 182 valence electrons. The van der Waals surface area contributed by atoms with Gasteiger partial charge in [-0.2, -0.15) is 0 Å². The number of carbonyl (C=O) groups is 3. The number of rotatable bonds is 5. The second-order valence-corrected chi connectivity index (χ2v) is 10.8. The molecule has 3 aliphatic carbocycles. The molecule has 0 aromatic heterocycles. The summed E-state index contributed by atoms with van der Waals surface area (Å²) < 4.78 is 0. The Morgan fingerprint density at radius 2 is 1.31 bits per heavy atom. The predicted molar refractivity (Wildman–Crippen MR) is 138 cm³/mol. The number of benzene rings is 3. The SMILES string of the molecule is Cc1cccc(NC(=O)[C@H](CC(C)C)N2C(=O)[C@@H]3C4c5ccccc5C(c5ccccc54)[C@@H]3C2=O)c1. The summed E-state index contributed by atoms with van der Waals surface area (Å²) in [7, 11) is 0. The van der Waals surface area contributed by atoms with E-state index < -0.39 is 17.9 Å². The van der Waals surface area contributed by atoms with Gasteiger partial charge in [0.25, 0.3) is 0 Å². The molecule has 1 fully saturated rings. The van der Waals surface area contributed by atoms with Crippen molar-refractivity contribution in [1.29, 1.82) is 0 Å². The molecule has 1 heterocycles. The monoisotopic (exact) mass is 478 g/mol. The van der Waals surface area contributed by atoms with E-state index in [1.165, 1.54) is 4.90 Å². The van der Waals surface area contributed by atoms with E-state index in [-0.39, 0.29) is 35.5 Å². The van der Waals surface area contributed by atoms with Gasteiger partial charge in [-0.05, 0) is 59.2 Å². The van der Waals surface area contributed by atoms with E-state index in [4.69, 9.17) is 0 Å². The van der Waals surface area contributed by atoms with Crippen LogP contribution in [0.5, 0.6) is 0 Å². The van der Waals surface area contributed by atoms with E-state index in [0.29, 0.717) is 12.1 Å².